The number of primary amides is 1. The highest BCUT2D eigenvalue weighted by Crippen LogP contribution is 2.43. The first kappa shape index (κ1) is 23.9. The van der Waals surface area contributed by atoms with E-state index in [-0.39, 0.29) is 32.2 Å². The van der Waals surface area contributed by atoms with Crippen LogP contribution in [-0.4, -0.2) is 41.3 Å². The zero-order valence-corrected chi connectivity index (χ0v) is 19.4. The van der Waals surface area contributed by atoms with Gasteiger partial charge in [-0.1, -0.05) is 0 Å². The fraction of sp³-hybridized carbons (Fsp3) is 0.250. The van der Waals surface area contributed by atoms with Gasteiger partial charge in [-0.15, -0.1) is 11.3 Å². The van der Waals surface area contributed by atoms with Crippen LogP contribution in [0.25, 0.3) is 21.3 Å². The van der Waals surface area contributed by atoms with Gasteiger partial charge in [-0.05, 0) is 25.5 Å². The number of hydrogen-bond acceptors (Lipinski definition) is 8. The number of thiophene rings is 1. The van der Waals surface area contributed by atoms with Gasteiger partial charge in [-0.25, -0.2) is 13.8 Å². The fourth-order valence-electron chi connectivity index (χ4n) is 3.69. The molecule has 0 unspecified atom stereocenters. The van der Waals surface area contributed by atoms with Crippen molar-refractivity contribution < 1.29 is 23.3 Å². The molecule has 0 saturated heterocycles. The minimum absolute atomic E-state index is 0.00690. The van der Waals surface area contributed by atoms with Crippen molar-refractivity contribution in [2.45, 2.75) is 26.8 Å². The summed E-state index contributed by atoms with van der Waals surface area (Å²) in [5.41, 5.74) is 6.21. The topological polar surface area (TPSA) is 164 Å². The SMILES string of the molecule is Cc1nn(C)cc1-c1cc(C(F)F)nc2sc(C(N)=O)c(NC(=O)Cn3cc([N+](=O)[O-])c(C)n3)c12. The standard InChI is InChI=1S/C20H18F2N8O4S/c1-8-11(5-28(3)26-8)10-4-12(18(21)22)24-20-15(10)16(17(35-20)19(23)32)25-14(31)7-29-6-13(30(33)34)9(2)27-29/h4-6,18H,7H2,1-3H3,(H2,23,32)(H,25,31). The van der Waals surface area contributed by atoms with Crippen molar-refractivity contribution in [1.82, 2.24) is 24.5 Å². The third-order valence-electron chi connectivity index (χ3n) is 5.12. The second-order valence-corrected chi connectivity index (χ2v) is 8.65. The molecule has 0 radical (unpaired) electrons. The van der Waals surface area contributed by atoms with E-state index in [9.17, 15) is 28.5 Å². The molecule has 0 bridgehead atoms. The van der Waals surface area contributed by atoms with Gasteiger partial charge < -0.3 is 11.1 Å². The van der Waals surface area contributed by atoms with Crippen molar-refractivity contribution in [3.05, 3.63) is 50.5 Å². The molecular formula is C20H18F2N8O4S. The molecule has 0 aliphatic rings. The first-order chi connectivity index (χ1) is 16.5. The second kappa shape index (κ2) is 8.83. The van der Waals surface area contributed by atoms with Crippen LogP contribution in [0.3, 0.4) is 0 Å². The van der Waals surface area contributed by atoms with E-state index in [4.69, 9.17) is 5.73 Å². The maximum atomic E-state index is 13.6. The van der Waals surface area contributed by atoms with E-state index < -0.39 is 35.4 Å². The Labute approximate surface area is 199 Å². The number of hydrogen-bond donors (Lipinski definition) is 2. The highest BCUT2D eigenvalue weighted by molar-refractivity contribution is 7.21. The lowest BCUT2D eigenvalue weighted by Crippen LogP contribution is -2.21. The predicted octanol–water partition coefficient (Wildman–Crippen LogP) is 3.09. The van der Waals surface area contributed by atoms with Crippen LogP contribution in [0.1, 0.15) is 33.2 Å². The summed E-state index contributed by atoms with van der Waals surface area (Å²) in [5.74, 6) is -1.56. The molecule has 4 aromatic rings. The molecule has 4 heterocycles. The zero-order valence-electron chi connectivity index (χ0n) is 18.6. The normalized spacial score (nSPS) is 11.4. The van der Waals surface area contributed by atoms with Crippen LogP contribution in [0.4, 0.5) is 20.2 Å². The van der Waals surface area contributed by atoms with Gasteiger partial charge in [0.15, 0.2) is 0 Å². The number of amides is 2. The van der Waals surface area contributed by atoms with E-state index in [1.54, 1.807) is 20.2 Å². The van der Waals surface area contributed by atoms with Crippen LogP contribution in [0.5, 0.6) is 0 Å². The van der Waals surface area contributed by atoms with Gasteiger partial charge in [-0.2, -0.15) is 10.2 Å². The van der Waals surface area contributed by atoms with Gasteiger partial charge in [0.1, 0.15) is 33.8 Å². The van der Waals surface area contributed by atoms with Crippen molar-refractivity contribution >= 4 is 44.7 Å². The van der Waals surface area contributed by atoms with Gasteiger partial charge in [0.25, 0.3) is 12.3 Å². The third-order valence-corrected chi connectivity index (χ3v) is 6.22. The summed E-state index contributed by atoms with van der Waals surface area (Å²) in [4.78, 5) is 39.4. The summed E-state index contributed by atoms with van der Waals surface area (Å²) in [6.07, 6.45) is -0.152. The highest BCUT2D eigenvalue weighted by Gasteiger charge is 2.26. The third kappa shape index (κ3) is 4.44. The van der Waals surface area contributed by atoms with E-state index in [2.05, 4.69) is 20.5 Å². The number of nitro groups is 1. The fourth-order valence-corrected chi connectivity index (χ4v) is 4.71. The lowest BCUT2D eigenvalue weighted by atomic mass is 10.0. The van der Waals surface area contributed by atoms with Crippen LogP contribution >= 0.6 is 11.3 Å². The van der Waals surface area contributed by atoms with Crippen molar-refractivity contribution in [3.63, 3.8) is 0 Å². The van der Waals surface area contributed by atoms with Crippen LogP contribution in [0.15, 0.2) is 18.5 Å². The minimum Gasteiger partial charge on any atom is -0.365 e. The highest BCUT2D eigenvalue weighted by atomic mass is 32.1. The Morgan fingerprint density at radius 3 is 2.49 bits per heavy atom. The molecule has 0 fully saturated rings. The number of nitrogens with two attached hydrogens (primary N) is 1. The van der Waals surface area contributed by atoms with Crippen LogP contribution in [-0.2, 0) is 18.4 Å². The summed E-state index contributed by atoms with van der Waals surface area (Å²) >= 11 is 0.771. The number of nitrogens with one attached hydrogen (secondary N) is 1. The summed E-state index contributed by atoms with van der Waals surface area (Å²) in [7, 11) is 1.67. The molecular weight excluding hydrogens is 486 g/mol. The minimum atomic E-state index is -2.88. The van der Waals surface area contributed by atoms with Crippen molar-refractivity contribution in [2.24, 2.45) is 12.8 Å². The van der Waals surface area contributed by atoms with Gasteiger partial charge >= 0.3 is 5.69 Å². The Kier molecular flexibility index (Phi) is 6.02. The first-order valence-electron chi connectivity index (χ1n) is 10.0. The molecule has 3 N–H and O–H groups in total. The molecule has 182 valence electrons. The van der Waals surface area contributed by atoms with E-state index in [0.29, 0.717) is 16.8 Å². The quantitative estimate of drug-likeness (QED) is 0.288. The Morgan fingerprint density at radius 2 is 1.94 bits per heavy atom. The summed E-state index contributed by atoms with van der Waals surface area (Å²) in [6.45, 7) is 2.71. The maximum absolute atomic E-state index is 13.6. The number of nitrogens with zero attached hydrogens (tertiary/aromatic N) is 6. The van der Waals surface area contributed by atoms with E-state index >= 15 is 0 Å². The number of fused-ring (bicyclic) bond motifs is 1. The average Bonchev–Trinajstić information content (AvgIpc) is 3.41. The Balaban J connectivity index is 1.85. The number of carbonyl (C=O) groups is 2. The lowest BCUT2D eigenvalue weighted by Gasteiger charge is -2.10. The first-order valence-corrected chi connectivity index (χ1v) is 10.8. The van der Waals surface area contributed by atoms with Crippen molar-refractivity contribution in [3.8, 4) is 11.1 Å². The van der Waals surface area contributed by atoms with Crippen LogP contribution in [0, 0.1) is 24.0 Å². The molecule has 0 aliphatic carbocycles. The lowest BCUT2D eigenvalue weighted by molar-refractivity contribution is -0.385. The molecule has 15 heteroatoms. The van der Waals surface area contributed by atoms with Gasteiger partial charge in [0, 0.05) is 24.2 Å². The predicted molar refractivity (Wildman–Crippen MR) is 122 cm³/mol. The zero-order chi connectivity index (χ0) is 25.6. The number of pyridine rings is 1. The molecule has 2 amide bonds. The van der Waals surface area contributed by atoms with Gasteiger partial charge in [0.2, 0.25) is 5.91 Å². The van der Waals surface area contributed by atoms with E-state index in [1.165, 1.54) is 17.7 Å². The molecule has 0 aliphatic heterocycles. The molecule has 0 spiro atoms. The summed E-state index contributed by atoms with van der Waals surface area (Å²) in [6, 6.07) is 1.18. The number of carbonyl (C=O) groups excluding carboxylic acids is 2. The van der Waals surface area contributed by atoms with Crippen molar-refractivity contribution in [2.75, 3.05) is 5.32 Å². The van der Waals surface area contributed by atoms with E-state index in [1.807, 2.05) is 0 Å². The number of anilines is 1. The largest absolute Gasteiger partial charge is 0.365 e. The smallest absolute Gasteiger partial charge is 0.309 e. The second-order valence-electron chi connectivity index (χ2n) is 7.65. The molecule has 0 atom stereocenters. The average molecular weight is 504 g/mol. The molecule has 4 aromatic heterocycles. The number of aryl methyl sites for hydroxylation is 3. The number of rotatable bonds is 7. The number of aromatic nitrogens is 5. The van der Waals surface area contributed by atoms with Gasteiger partial charge in [-0.3, -0.25) is 29.1 Å². The van der Waals surface area contributed by atoms with Crippen LogP contribution < -0.4 is 11.1 Å². The number of alkyl halides is 2. The van der Waals surface area contributed by atoms with E-state index in [0.717, 1.165) is 22.2 Å². The van der Waals surface area contributed by atoms with Crippen molar-refractivity contribution in [1.29, 1.82) is 0 Å². The Hall–Kier alpha value is -4.27. The molecule has 4 rings (SSSR count). The van der Waals surface area contributed by atoms with Crippen LogP contribution in [0.2, 0.25) is 0 Å². The number of halogens is 2. The summed E-state index contributed by atoms with van der Waals surface area (Å²) in [5, 5.41) is 22.1. The molecule has 0 saturated carbocycles. The maximum Gasteiger partial charge on any atom is 0.309 e. The monoisotopic (exact) mass is 504 g/mol. The Bertz CT molecular complexity index is 1510. The summed E-state index contributed by atoms with van der Waals surface area (Å²) < 4.78 is 29.8. The molecule has 0 aromatic carbocycles. The molecule has 35 heavy (non-hydrogen) atoms. The van der Waals surface area contributed by atoms with Gasteiger partial charge in [0.05, 0.1) is 16.3 Å². The Morgan fingerprint density at radius 1 is 1.23 bits per heavy atom. The molecule has 12 nitrogen and oxygen atoms in total.